The lowest BCUT2D eigenvalue weighted by molar-refractivity contribution is 0.357. The molecule has 5 nitrogen and oxygen atoms in total. The number of rotatable bonds is 0. The first-order chi connectivity index (χ1) is 5.27. The van der Waals surface area contributed by atoms with Crippen LogP contribution in [-0.4, -0.2) is 23.0 Å². The molecule has 0 atom stereocenters. The quantitative estimate of drug-likeness (QED) is 0.365. The van der Waals surface area contributed by atoms with E-state index in [2.05, 4.69) is 4.99 Å². The Bertz CT molecular complexity index is 268. The zero-order chi connectivity index (χ0) is 7.84. The van der Waals surface area contributed by atoms with Gasteiger partial charge in [0.05, 0.1) is 6.20 Å². The minimum atomic E-state index is 0.0461. The van der Waals surface area contributed by atoms with E-state index in [1.807, 2.05) is 0 Å². The Morgan fingerprint density at radius 2 is 2.55 bits per heavy atom. The van der Waals surface area contributed by atoms with Gasteiger partial charge in [0.1, 0.15) is 6.54 Å². The summed E-state index contributed by atoms with van der Waals surface area (Å²) >= 11 is 0. The van der Waals surface area contributed by atoms with Crippen LogP contribution in [0.25, 0.3) is 0 Å². The second-order valence-electron chi connectivity index (χ2n) is 2.39. The van der Waals surface area contributed by atoms with E-state index in [0.29, 0.717) is 6.54 Å². The van der Waals surface area contributed by atoms with Crippen molar-refractivity contribution in [2.45, 2.75) is 0 Å². The third-order valence-electron chi connectivity index (χ3n) is 1.63. The molecule has 0 fully saturated rings. The SMILES string of the molecule is NN1C=C[N+]2C=NC(O)=C2C1. The standard InChI is InChI=1S/C6H8N4O/c7-10-2-1-9-4-8-6(11)5(9)3-10/h1-2,4,11H,3,7H2/q+1. The Hall–Kier alpha value is -1.33. The van der Waals surface area contributed by atoms with Crippen molar-refractivity contribution in [3.63, 3.8) is 0 Å². The number of hydrogen-bond donors (Lipinski definition) is 2. The lowest BCUT2D eigenvalue weighted by Gasteiger charge is -2.15. The average Bonchev–Trinajstić information content (AvgIpc) is 2.33. The molecule has 0 spiro atoms. The zero-order valence-corrected chi connectivity index (χ0v) is 5.81. The van der Waals surface area contributed by atoms with Gasteiger partial charge in [-0.25, -0.2) is 5.84 Å². The molecule has 0 amide bonds. The van der Waals surface area contributed by atoms with E-state index >= 15 is 0 Å². The first kappa shape index (κ1) is 6.38. The monoisotopic (exact) mass is 152 g/mol. The maximum Gasteiger partial charge on any atom is 0.282 e. The molecule has 0 aromatic rings. The molecule has 2 aliphatic rings. The molecule has 0 aliphatic carbocycles. The van der Waals surface area contributed by atoms with Gasteiger partial charge in [-0.2, -0.15) is 4.99 Å². The largest absolute Gasteiger partial charge is 0.489 e. The van der Waals surface area contributed by atoms with Gasteiger partial charge in [0.2, 0.25) is 0 Å². The molecule has 11 heavy (non-hydrogen) atoms. The lowest BCUT2D eigenvalue weighted by Crippen LogP contribution is -2.37. The third-order valence-corrected chi connectivity index (χ3v) is 1.63. The van der Waals surface area contributed by atoms with E-state index in [1.54, 1.807) is 23.6 Å². The number of nitrogens with two attached hydrogens (primary N) is 1. The lowest BCUT2D eigenvalue weighted by atomic mass is 10.3. The van der Waals surface area contributed by atoms with Crippen LogP contribution in [0, 0.1) is 0 Å². The van der Waals surface area contributed by atoms with Gasteiger partial charge >= 0.3 is 0 Å². The molecule has 0 saturated heterocycles. The minimum absolute atomic E-state index is 0.0461. The number of aliphatic imine (C=N–C) groups is 1. The summed E-state index contributed by atoms with van der Waals surface area (Å²) in [4.78, 5) is 5.45. The highest BCUT2D eigenvalue weighted by Gasteiger charge is 2.32. The topological polar surface area (TPSA) is 67.8 Å². The number of hydrazine groups is 1. The Kier molecular flexibility index (Phi) is 1.21. The van der Waals surface area contributed by atoms with Crippen LogP contribution in [0.5, 0.6) is 0 Å². The Morgan fingerprint density at radius 3 is 3.36 bits per heavy atom. The molecule has 2 heterocycles. The highest BCUT2D eigenvalue weighted by atomic mass is 16.3. The molecular weight excluding hydrogens is 144 g/mol. The normalized spacial score (nSPS) is 23.2. The molecule has 2 aliphatic heterocycles. The fourth-order valence-electron chi connectivity index (χ4n) is 1.04. The van der Waals surface area contributed by atoms with Crippen molar-refractivity contribution < 1.29 is 5.11 Å². The van der Waals surface area contributed by atoms with Crippen LogP contribution in [0.4, 0.5) is 0 Å². The molecule has 0 saturated carbocycles. The molecule has 1 radical (unpaired) electrons. The van der Waals surface area contributed by atoms with Crippen molar-refractivity contribution in [2.75, 3.05) is 6.54 Å². The average molecular weight is 152 g/mol. The van der Waals surface area contributed by atoms with Crippen LogP contribution < -0.4 is 10.7 Å². The first-order valence-corrected chi connectivity index (χ1v) is 3.21. The van der Waals surface area contributed by atoms with Crippen molar-refractivity contribution in [1.82, 2.24) is 9.91 Å². The predicted molar refractivity (Wildman–Crippen MR) is 40.3 cm³/mol. The van der Waals surface area contributed by atoms with Crippen molar-refractivity contribution in [3.8, 4) is 0 Å². The second kappa shape index (κ2) is 2.08. The van der Waals surface area contributed by atoms with Crippen LogP contribution >= 0.6 is 0 Å². The summed E-state index contributed by atoms with van der Waals surface area (Å²) in [5.74, 6) is 5.52. The molecule has 57 valence electrons. The second-order valence-corrected chi connectivity index (χ2v) is 2.39. The fourth-order valence-corrected chi connectivity index (χ4v) is 1.04. The summed E-state index contributed by atoms with van der Waals surface area (Å²) in [5.41, 5.74) is 0.718. The van der Waals surface area contributed by atoms with Crippen molar-refractivity contribution in [2.24, 2.45) is 10.8 Å². The molecule has 3 N–H and O–H groups in total. The maximum atomic E-state index is 9.17. The predicted octanol–water partition coefficient (Wildman–Crippen LogP) is -0.444. The summed E-state index contributed by atoms with van der Waals surface area (Å²) in [6.45, 7) is 0.488. The van der Waals surface area contributed by atoms with Gasteiger partial charge in [0.15, 0.2) is 6.20 Å². The molecule has 0 aromatic heterocycles. The molecule has 2 rings (SSSR count). The molecular formula is C6H8N4O+. The number of aliphatic hydroxyl groups excluding tert-OH is 1. The molecule has 5 heteroatoms. The molecule has 0 bridgehead atoms. The van der Waals surface area contributed by atoms with Crippen molar-refractivity contribution in [1.29, 1.82) is 0 Å². The number of hydrogen-bond acceptors (Lipinski definition) is 5. The van der Waals surface area contributed by atoms with Crippen molar-refractivity contribution >= 4 is 6.34 Å². The van der Waals surface area contributed by atoms with Gasteiger partial charge in [0.25, 0.3) is 17.9 Å². The Labute approximate surface area is 63.7 Å². The third kappa shape index (κ3) is 0.903. The minimum Gasteiger partial charge on any atom is -0.489 e. The Morgan fingerprint density at radius 1 is 1.73 bits per heavy atom. The van der Waals surface area contributed by atoms with Crippen LogP contribution in [0.3, 0.4) is 0 Å². The van der Waals surface area contributed by atoms with Crippen LogP contribution in [-0.2, 0) is 0 Å². The number of nitrogens with zero attached hydrogens (tertiary/aromatic N) is 3. The van der Waals surface area contributed by atoms with Gasteiger partial charge in [-0.15, -0.1) is 0 Å². The van der Waals surface area contributed by atoms with E-state index in [0.717, 1.165) is 5.70 Å². The summed E-state index contributed by atoms with van der Waals surface area (Å²) in [6.07, 6.45) is 5.01. The van der Waals surface area contributed by atoms with E-state index in [1.165, 1.54) is 5.01 Å². The first-order valence-electron chi connectivity index (χ1n) is 3.21. The number of aliphatic hydroxyl groups is 1. The van der Waals surface area contributed by atoms with E-state index in [-0.39, 0.29) is 5.88 Å². The summed E-state index contributed by atoms with van der Waals surface area (Å²) in [7, 11) is 0. The van der Waals surface area contributed by atoms with Gasteiger partial charge in [-0.1, -0.05) is 4.90 Å². The zero-order valence-electron chi connectivity index (χ0n) is 5.81. The van der Waals surface area contributed by atoms with E-state index in [4.69, 9.17) is 10.9 Å². The smallest absolute Gasteiger partial charge is 0.282 e. The summed E-state index contributed by atoms with van der Waals surface area (Å²) in [5, 5.41) is 10.6. The summed E-state index contributed by atoms with van der Waals surface area (Å²) in [6, 6.07) is 0. The maximum absolute atomic E-state index is 9.17. The van der Waals surface area contributed by atoms with Gasteiger partial charge < -0.3 is 10.1 Å². The van der Waals surface area contributed by atoms with Gasteiger partial charge in [-0.3, -0.25) is 0 Å². The molecule has 0 unspecified atom stereocenters. The van der Waals surface area contributed by atoms with Crippen LogP contribution in [0.1, 0.15) is 0 Å². The van der Waals surface area contributed by atoms with Crippen molar-refractivity contribution in [3.05, 3.63) is 24.0 Å². The highest BCUT2D eigenvalue weighted by molar-refractivity contribution is 5.69. The van der Waals surface area contributed by atoms with E-state index < -0.39 is 0 Å². The Balaban J connectivity index is 2.34. The van der Waals surface area contributed by atoms with Gasteiger partial charge in [-0.05, 0) is 0 Å². The molecule has 0 aromatic carbocycles. The highest BCUT2D eigenvalue weighted by Crippen LogP contribution is 2.16. The number of fused-ring (bicyclic) bond motifs is 1. The summed E-state index contributed by atoms with van der Waals surface area (Å²) < 4.78 is 0. The van der Waals surface area contributed by atoms with Gasteiger partial charge in [0, 0.05) is 0 Å². The van der Waals surface area contributed by atoms with Crippen LogP contribution in [0.2, 0.25) is 0 Å². The van der Waals surface area contributed by atoms with Crippen LogP contribution in [0.15, 0.2) is 29.0 Å². The fraction of sp³-hybridized carbons (Fsp3) is 0.167. The van der Waals surface area contributed by atoms with E-state index in [9.17, 15) is 0 Å².